The minimum absolute atomic E-state index is 0. The first-order chi connectivity index (χ1) is 4.72. The van der Waals surface area contributed by atoms with Crippen LogP contribution in [0.2, 0.25) is 0 Å². The van der Waals surface area contributed by atoms with Crippen LogP contribution in [0.25, 0.3) is 0 Å². The van der Waals surface area contributed by atoms with Crippen molar-refractivity contribution >= 4 is 5.97 Å². The fraction of sp³-hybridized carbons (Fsp3) is 0.125. The van der Waals surface area contributed by atoms with E-state index in [9.17, 15) is 9.90 Å². The molecule has 0 radical (unpaired) electrons. The van der Waals surface area contributed by atoms with Gasteiger partial charge in [-0.3, -0.25) is 0 Å². The van der Waals surface area contributed by atoms with Gasteiger partial charge in [0.05, 0.1) is 5.97 Å². The molecule has 0 bridgehead atoms. The van der Waals surface area contributed by atoms with Crippen molar-refractivity contribution < 1.29 is 37.2 Å². The molecule has 0 saturated heterocycles. The van der Waals surface area contributed by atoms with E-state index >= 15 is 0 Å². The molecule has 0 spiro atoms. The number of carbonyl (C=O) groups excluding carboxylic acids is 1. The second-order valence-corrected chi connectivity index (χ2v) is 2.10. The zero-order chi connectivity index (χ0) is 7.56. The molecule has 0 aromatic heterocycles. The summed E-state index contributed by atoms with van der Waals surface area (Å²) in [5, 5.41) is 10.3. The second-order valence-electron chi connectivity index (χ2n) is 2.10. The van der Waals surface area contributed by atoms with Crippen molar-refractivity contribution in [2.75, 3.05) is 0 Å². The van der Waals surface area contributed by atoms with Gasteiger partial charge in [0.1, 0.15) is 0 Å². The molecule has 3 heteroatoms. The van der Waals surface area contributed by atoms with Crippen molar-refractivity contribution in [1.82, 2.24) is 0 Å². The van der Waals surface area contributed by atoms with Crippen LogP contribution in [-0.2, 0) is 27.3 Å². The first kappa shape index (κ1) is 10.6. The molecule has 0 fully saturated rings. The van der Waals surface area contributed by atoms with Gasteiger partial charge in [0.2, 0.25) is 0 Å². The van der Waals surface area contributed by atoms with E-state index in [1.54, 1.807) is 25.1 Å². The van der Waals surface area contributed by atoms with Crippen LogP contribution in [0.3, 0.4) is 0 Å². The van der Waals surface area contributed by atoms with Crippen LogP contribution in [0.1, 0.15) is 15.9 Å². The van der Waals surface area contributed by atoms with E-state index < -0.39 is 5.97 Å². The molecular weight excluding hydrogens is 240 g/mol. The van der Waals surface area contributed by atoms with Gasteiger partial charge in [-0.1, -0.05) is 24.3 Å². The van der Waals surface area contributed by atoms with Crippen LogP contribution in [0.4, 0.5) is 0 Å². The van der Waals surface area contributed by atoms with Crippen molar-refractivity contribution in [2.24, 2.45) is 0 Å². The molecule has 0 saturated carbocycles. The Kier molecular flexibility index (Phi) is 4.32. The standard InChI is InChI=1S/C8H8O2.Cd/c1-6-4-2-3-5-7(6)8(9)10;/h2-5H,1H3,(H,9,10);/q;+2/p-1. The van der Waals surface area contributed by atoms with Crippen LogP contribution in [0.5, 0.6) is 0 Å². The number of benzene rings is 1. The van der Waals surface area contributed by atoms with Crippen molar-refractivity contribution in [3.05, 3.63) is 35.4 Å². The number of carboxylic acids is 1. The van der Waals surface area contributed by atoms with Gasteiger partial charge in [-0.05, 0) is 12.5 Å². The summed E-state index contributed by atoms with van der Waals surface area (Å²) < 4.78 is 0. The summed E-state index contributed by atoms with van der Waals surface area (Å²) in [4.78, 5) is 10.3. The van der Waals surface area contributed by atoms with Gasteiger partial charge >= 0.3 is 27.3 Å². The maximum Gasteiger partial charge on any atom is 2.00 e. The van der Waals surface area contributed by atoms with Gasteiger partial charge in [0, 0.05) is 5.56 Å². The number of rotatable bonds is 1. The van der Waals surface area contributed by atoms with Crippen molar-refractivity contribution in [1.29, 1.82) is 0 Å². The monoisotopic (exact) mass is 249 g/mol. The number of hydrogen-bond donors (Lipinski definition) is 0. The van der Waals surface area contributed by atoms with Crippen LogP contribution in [-0.4, -0.2) is 5.97 Å². The summed E-state index contributed by atoms with van der Waals surface area (Å²) in [6.07, 6.45) is 0. The third-order valence-corrected chi connectivity index (χ3v) is 1.36. The molecule has 52 valence electrons. The van der Waals surface area contributed by atoms with E-state index in [1.165, 1.54) is 6.07 Å². The average Bonchev–Trinajstić information content (AvgIpc) is 1.88. The minimum atomic E-state index is -1.11. The van der Waals surface area contributed by atoms with Crippen LogP contribution in [0, 0.1) is 6.92 Å². The molecule has 0 aliphatic heterocycles. The number of aromatic carboxylic acids is 1. The first-order valence-corrected chi connectivity index (χ1v) is 2.99. The van der Waals surface area contributed by atoms with Gasteiger partial charge in [-0.25, -0.2) is 0 Å². The minimum Gasteiger partial charge on any atom is -0.545 e. The van der Waals surface area contributed by atoms with E-state index in [1.807, 2.05) is 0 Å². The van der Waals surface area contributed by atoms with E-state index in [-0.39, 0.29) is 32.9 Å². The number of hydrogen-bond acceptors (Lipinski definition) is 2. The van der Waals surface area contributed by atoms with Crippen LogP contribution in [0.15, 0.2) is 24.3 Å². The summed E-state index contributed by atoms with van der Waals surface area (Å²) in [5.74, 6) is -1.11. The smallest absolute Gasteiger partial charge is 0.545 e. The zero-order valence-corrected chi connectivity index (χ0v) is 10.4. The molecule has 2 nitrogen and oxygen atoms in total. The van der Waals surface area contributed by atoms with E-state index in [4.69, 9.17) is 0 Å². The largest absolute Gasteiger partial charge is 2.00 e. The number of carboxylic acid groups (broad SMARTS) is 1. The Morgan fingerprint density at radius 3 is 2.27 bits per heavy atom. The fourth-order valence-corrected chi connectivity index (χ4v) is 0.802. The Morgan fingerprint density at radius 2 is 1.91 bits per heavy atom. The Morgan fingerprint density at radius 1 is 1.36 bits per heavy atom. The van der Waals surface area contributed by atoms with E-state index in [0.717, 1.165) is 5.56 Å². The Balaban J connectivity index is 0.000001000. The fourth-order valence-electron chi connectivity index (χ4n) is 0.802. The molecule has 0 unspecified atom stereocenters. The normalized spacial score (nSPS) is 8.45. The van der Waals surface area contributed by atoms with Gasteiger partial charge in [0.15, 0.2) is 0 Å². The Labute approximate surface area is 85.4 Å². The summed E-state index contributed by atoms with van der Waals surface area (Å²) in [7, 11) is 0. The summed E-state index contributed by atoms with van der Waals surface area (Å²) in [6, 6.07) is 6.75. The molecule has 0 N–H and O–H groups in total. The third-order valence-electron chi connectivity index (χ3n) is 1.36. The van der Waals surface area contributed by atoms with Gasteiger partial charge in [0.25, 0.3) is 0 Å². The molecular formula is C8H7CdO2+. The van der Waals surface area contributed by atoms with E-state index in [2.05, 4.69) is 0 Å². The summed E-state index contributed by atoms with van der Waals surface area (Å²) in [6.45, 7) is 1.74. The summed E-state index contributed by atoms with van der Waals surface area (Å²) >= 11 is 0. The quantitative estimate of drug-likeness (QED) is 0.672. The van der Waals surface area contributed by atoms with E-state index in [0.29, 0.717) is 0 Å². The molecule has 11 heavy (non-hydrogen) atoms. The summed E-state index contributed by atoms with van der Waals surface area (Å²) in [5.41, 5.74) is 1.00. The Hall–Kier alpha value is -0.388. The number of carbonyl (C=O) groups is 1. The second kappa shape index (κ2) is 4.48. The molecule has 0 aliphatic rings. The topological polar surface area (TPSA) is 40.1 Å². The maximum absolute atomic E-state index is 10.3. The first-order valence-electron chi connectivity index (χ1n) is 2.99. The SMILES string of the molecule is Cc1ccccc1C(=O)[O-].[Cd+2]. The van der Waals surface area contributed by atoms with Gasteiger partial charge in [-0.15, -0.1) is 0 Å². The molecule has 0 aliphatic carbocycles. The Bertz CT molecular complexity index is 258. The van der Waals surface area contributed by atoms with Gasteiger partial charge in [-0.2, -0.15) is 0 Å². The zero-order valence-electron chi connectivity index (χ0n) is 6.33. The predicted octanol–water partition coefficient (Wildman–Crippen LogP) is 0.356. The van der Waals surface area contributed by atoms with Crippen molar-refractivity contribution in [3.8, 4) is 0 Å². The maximum atomic E-state index is 10.3. The average molecular weight is 248 g/mol. The number of aryl methyl sites for hydroxylation is 1. The van der Waals surface area contributed by atoms with Crippen LogP contribution < -0.4 is 5.11 Å². The molecule has 0 heterocycles. The third kappa shape index (κ3) is 2.61. The molecule has 1 aromatic rings. The molecule has 0 atom stereocenters. The van der Waals surface area contributed by atoms with Crippen LogP contribution >= 0.6 is 0 Å². The predicted molar refractivity (Wildman–Crippen MR) is 35.5 cm³/mol. The van der Waals surface area contributed by atoms with Crippen molar-refractivity contribution in [2.45, 2.75) is 6.92 Å². The molecule has 0 amide bonds. The van der Waals surface area contributed by atoms with Crippen molar-refractivity contribution in [3.63, 3.8) is 0 Å². The molecule has 1 rings (SSSR count). The molecule has 1 aromatic carbocycles. The van der Waals surface area contributed by atoms with Gasteiger partial charge < -0.3 is 9.90 Å².